The Morgan fingerprint density at radius 3 is 2.70 bits per heavy atom. The fourth-order valence-corrected chi connectivity index (χ4v) is 2.52. The van der Waals surface area contributed by atoms with Crippen LogP contribution in [0.25, 0.3) is 0 Å². The topological polar surface area (TPSA) is 44.1 Å². The zero-order chi connectivity index (χ0) is 14.3. The van der Waals surface area contributed by atoms with Gasteiger partial charge >= 0.3 is 0 Å². The molecule has 20 heavy (non-hydrogen) atoms. The first kappa shape index (κ1) is 12.6. The Kier molecular flexibility index (Phi) is 2.92. The highest BCUT2D eigenvalue weighted by Gasteiger charge is 2.37. The van der Waals surface area contributed by atoms with E-state index in [2.05, 4.69) is 6.07 Å². The summed E-state index contributed by atoms with van der Waals surface area (Å²) < 4.78 is 13.2. The van der Waals surface area contributed by atoms with Crippen LogP contribution in [0.15, 0.2) is 42.5 Å². The van der Waals surface area contributed by atoms with E-state index < -0.39 is 11.9 Å². The molecule has 5 heteroatoms. The van der Waals surface area contributed by atoms with Crippen LogP contribution < -0.4 is 4.90 Å². The molecule has 1 aliphatic heterocycles. The van der Waals surface area contributed by atoms with E-state index in [1.165, 1.54) is 23.1 Å². The number of halogens is 2. The molecule has 0 N–H and O–H groups in total. The molecule has 0 aliphatic carbocycles. The summed E-state index contributed by atoms with van der Waals surface area (Å²) in [6.07, 6.45) is 0. The molecule has 0 aromatic heterocycles. The highest BCUT2D eigenvalue weighted by atomic mass is 35.5. The molecule has 0 spiro atoms. The number of hydrogen-bond acceptors (Lipinski definition) is 2. The maximum Gasteiger partial charge on any atom is 0.260 e. The second-order valence-electron chi connectivity index (χ2n) is 4.39. The monoisotopic (exact) mass is 286 g/mol. The maximum absolute atomic E-state index is 13.2. The molecule has 0 saturated carbocycles. The molecule has 1 unspecified atom stereocenters. The van der Waals surface area contributed by atoms with Crippen molar-refractivity contribution >= 4 is 23.2 Å². The first-order chi connectivity index (χ1) is 9.63. The number of carbonyl (C=O) groups excluding carboxylic acids is 1. The van der Waals surface area contributed by atoms with E-state index in [1.54, 1.807) is 24.3 Å². The van der Waals surface area contributed by atoms with Gasteiger partial charge in [0.1, 0.15) is 5.82 Å². The van der Waals surface area contributed by atoms with Crippen molar-refractivity contribution in [1.29, 1.82) is 5.26 Å². The molecule has 98 valence electrons. The predicted octanol–water partition coefficient (Wildman–Crippen LogP) is 3.70. The predicted molar refractivity (Wildman–Crippen MR) is 73.0 cm³/mol. The number of nitriles is 1. The van der Waals surface area contributed by atoms with Crippen molar-refractivity contribution < 1.29 is 9.18 Å². The van der Waals surface area contributed by atoms with Crippen LogP contribution in [-0.4, -0.2) is 5.91 Å². The van der Waals surface area contributed by atoms with Gasteiger partial charge in [-0.2, -0.15) is 5.26 Å². The van der Waals surface area contributed by atoms with E-state index in [4.69, 9.17) is 11.6 Å². The summed E-state index contributed by atoms with van der Waals surface area (Å²) in [5, 5.41) is 9.25. The van der Waals surface area contributed by atoms with E-state index in [-0.39, 0.29) is 10.9 Å². The Balaban J connectivity index is 2.13. The molecular weight excluding hydrogens is 279 g/mol. The Labute approximate surface area is 119 Å². The van der Waals surface area contributed by atoms with Crippen molar-refractivity contribution in [1.82, 2.24) is 0 Å². The van der Waals surface area contributed by atoms with Crippen LogP contribution in [0.5, 0.6) is 0 Å². The van der Waals surface area contributed by atoms with Crippen molar-refractivity contribution in [2.45, 2.75) is 6.04 Å². The van der Waals surface area contributed by atoms with Gasteiger partial charge in [0.25, 0.3) is 5.91 Å². The van der Waals surface area contributed by atoms with Crippen LogP contribution in [-0.2, 0) is 0 Å². The molecule has 2 aromatic rings. The molecule has 3 nitrogen and oxygen atoms in total. The Bertz CT molecular complexity index is 754. The lowest BCUT2D eigenvalue weighted by Gasteiger charge is -2.20. The molecule has 2 aromatic carbocycles. The van der Waals surface area contributed by atoms with Crippen LogP contribution in [0.3, 0.4) is 0 Å². The highest BCUT2D eigenvalue weighted by Crippen LogP contribution is 2.37. The van der Waals surface area contributed by atoms with Crippen LogP contribution in [0.4, 0.5) is 10.1 Å². The molecule has 1 amide bonds. The van der Waals surface area contributed by atoms with Crippen LogP contribution >= 0.6 is 11.6 Å². The summed E-state index contributed by atoms with van der Waals surface area (Å²) in [6, 6.07) is 12.3. The van der Waals surface area contributed by atoms with Gasteiger partial charge in [-0.15, -0.1) is 0 Å². The first-order valence-corrected chi connectivity index (χ1v) is 6.28. The average Bonchev–Trinajstić information content (AvgIpc) is 2.75. The summed E-state index contributed by atoms with van der Waals surface area (Å²) in [5.41, 5.74) is 1.55. The Morgan fingerprint density at radius 1 is 1.25 bits per heavy atom. The fourth-order valence-electron chi connectivity index (χ4n) is 2.34. The van der Waals surface area contributed by atoms with Gasteiger partial charge in [0.2, 0.25) is 0 Å². The molecule has 0 fully saturated rings. The molecule has 1 aliphatic rings. The van der Waals surface area contributed by atoms with Gasteiger partial charge in [0.15, 0.2) is 6.04 Å². The normalized spacial score (nSPS) is 16.9. The largest absolute Gasteiger partial charge is 0.288 e. The summed E-state index contributed by atoms with van der Waals surface area (Å²) >= 11 is 5.75. The van der Waals surface area contributed by atoms with E-state index in [9.17, 15) is 14.4 Å². The maximum atomic E-state index is 13.2. The molecule has 0 bridgehead atoms. The molecule has 0 saturated heterocycles. The minimum absolute atomic E-state index is 0.0806. The van der Waals surface area contributed by atoms with Gasteiger partial charge in [-0.1, -0.05) is 29.8 Å². The van der Waals surface area contributed by atoms with Gasteiger partial charge in [-0.05, 0) is 24.3 Å². The fraction of sp³-hybridized carbons (Fsp3) is 0.0667. The number of benzene rings is 2. The molecule has 1 atom stereocenters. The third-order valence-corrected chi connectivity index (χ3v) is 3.56. The zero-order valence-electron chi connectivity index (χ0n) is 10.2. The minimum atomic E-state index is -0.722. The van der Waals surface area contributed by atoms with Crippen LogP contribution in [0.1, 0.15) is 22.0 Å². The number of fused-ring (bicyclic) bond motifs is 1. The van der Waals surface area contributed by atoms with Crippen LogP contribution in [0, 0.1) is 17.1 Å². The molecular formula is C15H8ClFN2O. The van der Waals surface area contributed by atoms with E-state index in [1.807, 2.05) is 0 Å². The van der Waals surface area contributed by atoms with Crippen LogP contribution in [0.2, 0.25) is 5.02 Å². The number of rotatable bonds is 1. The zero-order valence-corrected chi connectivity index (χ0v) is 10.9. The van der Waals surface area contributed by atoms with Crippen molar-refractivity contribution in [3.8, 4) is 6.07 Å². The molecule has 0 radical (unpaired) electrons. The highest BCUT2D eigenvalue weighted by molar-refractivity contribution is 6.31. The van der Waals surface area contributed by atoms with Crippen molar-refractivity contribution in [2.75, 3.05) is 4.90 Å². The van der Waals surface area contributed by atoms with Gasteiger partial charge in [0, 0.05) is 16.8 Å². The van der Waals surface area contributed by atoms with Crippen molar-refractivity contribution in [2.24, 2.45) is 0 Å². The van der Waals surface area contributed by atoms with E-state index in [0.717, 1.165) is 0 Å². The first-order valence-electron chi connectivity index (χ1n) is 5.90. The van der Waals surface area contributed by atoms with E-state index >= 15 is 0 Å². The molecule has 3 rings (SSSR count). The number of amides is 1. The summed E-state index contributed by atoms with van der Waals surface area (Å²) in [4.78, 5) is 13.7. The average molecular weight is 287 g/mol. The van der Waals surface area contributed by atoms with Gasteiger partial charge in [-0.25, -0.2) is 4.39 Å². The lowest BCUT2D eigenvalue weighted by Crippen LogP contribution is -2.26. The summed E-state index contributed by atoms with van der Waals surface area (Å²) in [5.74, 6) is -0.845. The standard InChI is InChI=1S/C15H8ClFN2O/c16-12-7-9(5-6-13(12)17)19-14(8-18)10-3-1-2-4-11(10)15(19)20/h1-7,14H. The lowest BCUT2D eigenvalue weighted by molar-refractivity contribution is 0.0994. The number of nitrogens with zero attached hydrogens (tertiary/aromatic N) is 2. The number of hydrogen-bond donors (Lipinski definition) is 0. The molecule has 1 heterocycles. The van der Waals surface area contributed by atoms with Crippen molar-refractivity contribution in [3.63, 3.8) is 0 Å². The quantitative estimate of drug-likeness (QED) is 0.802. The second kappa shape index (κ2) is 4.62. The smallest absolute Gasteiger partial charge is 0.260 e. The van der Waals surface area contributed by atoms with Gasteiger partial charge in [0.05, 0.1) is 11.1 Å². The minimum Gasteiger partial charge on any atom is -0.288 e. The summed E-state index contributed by atoms with van der Waals surface area (Å²) in [6.45, 7) is 0. The Morgan fingerprint density at radius 2 is 2.00 bits per heavy atom. The third-order valence-electron chi connectivity index (χ3n) is 3.27. The lowest BCUT2D eigenvalue weighted by atomic mass is 10.1. The van der Waals surface area contributed by atoms with Gasteiger partial charge < -0.3 is 0 Å². The Hall–Kier alpha value is -2.38. The van der Waals surface area contributed by atoms with E-state index in [0.29, 0.717) is 16.8 Å². The number of anilines is 1. The summed E-state index contributed by atoms with van der Waals surface area (Å²) in [7, 11) is 0. The third kappa shape index (κ3) is 1.75. The number of carbonyl (C=O) groups is 1. The van der Waals surface area contributed by atoms with Crippen molar-refractivity contribution in [3.05, 3.63) is 64.4 Å². The SMILES string of the molecule is N#CC1c2ccccc2C(=O)N1c1ccc(F)c(Cl)c1. The second-order valence-corrected chi connectivity index (χ2v) is 4.80. The van der Waals surface area contributed by atoms with Gasteiger partial charge in [-0.3, -0.25) is 9.69 Å².